The summed E-state index contributed by atoms with van der Waals surface area (Å²) in [7, 11) is -1.61. The minimum Gasteiger partial charge on any atom is -0.454 e. The molecule has 0 amide bonds. The lowest BCUT2D eigenvalue weighted by Gasteiger charge is -2.21. The molecule has 2 heterocycles. The Hall–Kier alpha value is -4.86. The van der Waals surface area contributed by atoms with E-state index >= 15 is 0 Å². The van der Waals surface area contributed by atoms with Crippen LogP contribution in [0.3, 0.4) is 0 Å². The Kier molecular flexibility index (Phi) is 6.26. The summed E-state index contributed by atoms with van der Waals surface area (Å²) in [4.78, 5) is 0. The molecule has 0 saturated heterocycles. The molecule has 2 aromatic heterocycles. The molecular formula is C43H39NOSi. The van der Waals surface area contributed by atoms with Gasteiger partial charge >= 0.3 is 0 Å². The summed E-state index contributed by atoms with van der Waals surface area (Å²) in [6.45, 7) is 18.3. The molecule has 5 aromatic carbocycles. The summed E-state index contributed by atoms with van der Waals surface area (Å²) in [6, 6.07) is 35.8. The lowest BCUT2D eigenvalue weighted by molar-refractivity contribution is 0.663. The van der Waals surface area contributed by atoms with Crippen LogP contribution >= 0.6 is 0 Å². The van der Waals surface area contributed by atoms with Crippen LogP contribution in [0.25, 0.3) is 66.1 Å². The number of benzene rings is 5. The van der Waals surface area contributed by atoms with Gasteiger partial charge in [0, 0.05) is 27.0 Å². The van der Waals surface area contributed by atoms with E-state index in [1.807, 2.05) is 0 Å². The van der Waals surface area contributed by atoms with Crippen molar-refractivity contribution >= 4 is 62.6 Å². The van der Waals surface area contributed by atoms with Crippen LogP contribution in [0.1, 0.15) is 31.9 Å². The Morgan fingerprint density at radius 1 is 0.717 bits per heavy atom. The number of para-hydroxylation sites is 3. The quantitative estimate of drug-likeness (QED) is 0.181. The Labute approximate surface area is 272 Å². The highest BCUT2D eigenvalue weighted by molar-refractivity contribution is 6.90. The van der Waals surface area contributed by atoms with Crippen molar-refractivity contribution in [2.75, 3.05) is 0 Å². The molecule has 1 aliphatic carbocycles. The zero-order chi connectivity index (χ0) is 32.0. The van der Waals surface area contributed by atoms with E-state index in [0.29, 0.717) is 0 Å². The average molecular weight is 614 g/mol. The van der Waals surface area contributed by atoms with E-state index in [4.69, 9.17) is 4.42 Å². The van der Waals surface area contributed by atoms with Crippen LogP contribution in [-0.4, -0.2) is 12.6 Å². The Bertz CT molecular complexity index is 2450. The first kappa shape index (κ1) is 28.6. The fourth-order valence-electron chi connectivity index (χ4n) is 7.50. The van der Waals surface area contributed by atoms with Crippen molar-refractivity contribution in [3.63, 3.8) is 0 Å². The normalized spacial score (nSPS) is 15.8. The topological polar surface area (TPSA) is 18.1 Å². The number of aromatic nitrogens is 1. The lowest BCUT2D eigenvalue weighted by atomic mass is 9.82. The van der Waals surface area contributed by atoms with Crippen LogP contribution in [-0.2, 0) is 5.41 Å². The molecule has 0 spiro atoms. The maximum absolute atomic E-state index is 6.86. The van der Waals surface area contributed by atoms with Crippen LogP contribution in [0.15, 0.2) is 132 Å². The van der Waals surface area contributed by atoms with Gasteiger partial charge in [0.15, 0.2) is 5.58 Å². The van der Waals surface area contributed by atoms with Crippen LogP contribution in [0.4, 0.5) is 0 Å². The van der Waals surface area contributed by atoms with Crippen molar-refractivity contribution in [3.8, 4) is 16.8 Å². The summed E-state index contributed by atoms with van der Waals surface area (Å²) < 4.78 is 9.25. The molecule has 226 valence electrons. The van der Waals surface area contributed by atoms with Crippen molar-refractivity contribution in [2.24, 2.45) is 0 Å². The summed E-state index contributed by atoms with van der Waals surface area (Å²) in [5, 5.41) is 6.21. The lowest BCUT2D eigenvalue weighted by Crippen LogP contribution is -2.37. The highest BCUT2D eigenvalue weighted by Gasteiger charge is 2.36. The summed E-state index contributed by atoms with van der Waals surface area (Å²) in [5.41, 5.74) is 12.8. The first-order valence-electron chi connectivity index (χ1n) is 16.3. The number of nitrogens with zero attached hydrogens (tertiary/aromatic N) is 1. The zero-order valence-corrected chi connectivity index (χ0v) is 28.5. The molecule has 2 nitrogen and oxygen atoms in total. The van der Waals surface area contributed by atoms with E-state index in [2.05, 4.69) is 167 Å². The largest absolute Gasteiger partial charge is 0.454 e. The summed E-state index contributed by atoms with van der Waals surface area (Å²) in [6.07, 6.45) is 6.38. The van der Waals surface area contributed by atoms with Crippen LogP contribution in [0.5, 0.6) is 0 Å². The number of allylic oxidation sites excluding steroid dienone is 5. The smallest absolute Gasteiger partial charge is 0.159 e. The standard InChI is InChI=1S/C43H39NOSi/c1-8-9-14-30-27(2)43(3,4)36-26-29(21-23-31(30)36)28-22-24-38-35(25-28)32-15-10-11-18-37(32)44(38)39-19-12-16-33-34-17-13-20-40(46(5,6)7)42(34)45-41(33)39/h8-26H,2H2,1,3-7H3. The van der Waals surface area contributed by atoms with E-state index in [1.54, 1.807) is 0 Å². The van der Waals surface area contributed by atoms with Crippen LogP contribution in [0, 0.1) is 0 Å². The van der Waals surface area contributed by atoms with Crippen molar-refractivity contribution in [3.05, 3.63) is 139 Å². The third kappa shape index (κ3) is 4.08. The molecule has 3 heteroatoms. The minimum absolute atomic E-state index is 0.126. The predicted octanol–water partition coefficient (Wildman–Crippen LogP) is 11.7. The zero-order valence-electron chi connectivity index (χ0n) is 27.5. The van der Waals surface area contributed by atoms with Gasteiger partial charge in [-0.3, -0.25) is 0 Å². The number of hydrogen-bond donors (Lipinski definition) is 0. The number of rotatable bonds is 4. The summed E-state index contributed by atoms with van der Waals surface area (Å²) >= 11 is 0. The first-order valence-corrected chi connectivity index (χ1v) is 19.8. The number of furan rings is 1. The van der Waals surface area contributed by atoms with Gasteiger partial charge in [-0.1, -0.05) is 125 Å². The fraction of sp³-hybridized carbons (Fsp3) is 0.163. The minimum atomic E-state index is -1.61. The van der Waals surface area contributed by atoms with Crippen LogP contribution < -0.4 is 5.19 Å². The SMILES string of the molecule is C=C1C(=CC=CC)c2ccc(-c3ccc4c(c3)c3ccccc3n4-c3cccc4c3oc3c([Si](C)(C)C)cccc34)cc2C1(C)C. The van der Waals surface area contributed by atoms with Crippen molar-refractivity contribution in [2.45, 2.75) is 45.8 Å². The first-order chi connectivity index (χ1) is 22.1. The van der Waals surface area contributed by atoms with E-state index in [1.165, 1.54) is 71.2 Å². The van der Waals surface area contributed by atoms with Gasteiger partial charge in [-0.05, 0) is 75.8 Å². The van der Waals surface area contributed by atoms with Gasteiger partial charge in [0.2, 0.25) is 0 Å². The van der Waals surface area contributed by atoms with Crippen molar-refractivity contribution in [1.29, 1.82) is 0 Å². The van der Waals surface area contributed by atoms with Gasteiger partial charge in [0.05, 0.1) is 24.8 Å². The Morgan fingerprint density at radius 2 is 1.39 bits per heavy atom. The highest BCUT2D eigenvalue weighted by atomic mass is 28.3. The van der Waals surface area contributed by atoms with E-state index in [9.17, 15) is 0 Å². The van der Waals surface area contributed by atoms with Gasteiger partial charge < -0.3 is 8.98 Å². The molecule has 0 saturated carbocycles. The number of hydrogen-bond acceptors (Lipinski definition) is 1. The molecule has 0 radical (unpaired) electrons. The molecule has 0 bridgehead atoms. The molecule has 0 aliphatic heterocycles. The molecule has 0 unspecified atom stereocenters. The second-order valence-corrected chi connectivity index (χ2v) is 19.3. The highest BCUT2D eigenvalue weighted by Crippen LogP contribution is 2.50. The second-order valence-electron chi connectivity index (χ2n) is 14.2. The Morgan fingerprint density at radius 3 is 2.17 bits per heavy atom. The fourth-order valence-corrected chi connectivity index (χ4v) is 8.97. The molecule has 0 N–H and O–H groups in total. The van der Waals surface area contributed by atoms with Gasteiger partial charge in [0.1, 0.15) is 5.58 Å². The maximum Gasteiger partial charge on any atom is 0.159 e. The summed E-state index contributed by atoms with van der Waals surface area (Å²) in [5.74, 6) is 0. The third-order valence-electron chi connectivity index (χ3n) is 10.1. The van der Waals surface area contributed by atoms with E-state index < -0.39 is 8.07 Å². The molecule has 0 fully saturated rings. The van der Waals surface area contributed by atoms with Gasteiger partial charge in [-0.2, -0.15) is 0 Å². The van der Waals surface area contributed by atoms with E-state index in [0.717, 1.165) is 16.9 Å². The Balaban J connectivity index is 1.34. The molecule has 0 atom stereocenters. The molecule has 7 aromatic rings. The second kappa shape index (κ2) is 10.1. The molecule has 46 heavy (non-hydrogen) atoms. The van der Waals surface area contributed by atoms with Gasteiger partial charge in [0.25, 0.3) is 0 Å². The monoisotopic (exact) mass is 613 g/mol. The molecule has 8 rings (SSSR count). The predicted molar refractivity (Wildman–Crippen MR) is 201 cm³/mol. The molecular weight excluding hydrogens is 575 g/mol. The van der Waals surface area contributed by atoms with Crippen molar-refractivity contribution < 1.29 is 4.42 Å². The maximum atomic E-state index is 6.86. The number of fused-ring (bicyclic) bond motifs is 7. The van der Waals surface area contributed by atoms with Crippen LogP contribution in [0.2, 0.25) is 19.6 Å². The molecule has 1 aliphatic rings. The van der Waals surface area contributed by atoms with Crippen molar-refractivity contribution in [1.82, 2.24) is 4.57 Å². The third-order valence-corrected chi connectivity index (χ3v) is 12.1. The van der Waals surface area contributed by atoms with Gasteiger partial charge in [-0.25, -0.2) is 0 Å². The average Bonchev–Trinajstić information content (AvgIpc) is 3.65. The van der Waals surface area contributed by atoms with E-state index in [-0.39, 0.29) is 5.41 Å². The van der Waals surface area contributed by atoms with Gasteiger partial charge in [-0.15, -0.1) is 0 Å².